The molecule has 0 fully saturated rings. The van der Waals surface area contributed by atoms with Gasteiger partial charge in [0.15, 0.2) is 0 Å². The predicted molar refractivity (Wildman–Crippen MR) is 74.5 cm³/mol. The first-order valence-corrected chi connectivity index (χ1v) is 6.68. The highest BCUT2D eigenvalue weighted by Gasteiger charge is 2.31. The average Bonchev–Trinajstić information content (AvgIpc) is 2.37. The summed E-state index contributed by atoms with van der Waals surface area (Å²) in [5, 5.41) is 11.8. The number of aliphatic carboxylic acids is 1. The summed E-state index contributed by atoms with van der Waals surface area (Å²) in [4.78, 5) is 31.5. The van der Waals surface area contributed by atoms with Crippen LogP contribution in [0.5, 0.6) is 0 Å². The van der Waals surface area contributed by atoms with Crippen molar-refractivity contribution in [2.75, 3.05) is 0 Å². The van der Waals surface area contributed by atoms with Crippen molar-refractivity contribution >= 4 is 11.9 Å². The van der Waals surface area contributed by atoms with Crippen LogP contribution in [0.4, 0.5) is 0 Å². The maximum absolute atomic E-state index is 12.3. The number of nitrogens with zero attached hydrogens (tertiary/aromatic N) is 2. The molecule has 6 nitrogen and oxygen atoms in total. The van der Waals surface area contributed by atoms with Gasteiger partial charge in [-0.1, -0.05) is 13.8 Å². The summed E-state index contributed by atoms with van der Waals surface area (Å²) >= 11 is 0. The quantitative estimate of drug-likeness (QED) is 0.829. The molecule has 0 atom stereocenters. The van der Waals surface area contributed by atoms with Crippen LogP contribution in [-0.4, -0.2) is 32.5 Å². The lowest BCUT2D eigenvalue weighted by Gasteiger charge is -2.31. The van der Waals surface area contributed by atoms with Gasteiger partial charge in [0, 0.05) is 6.20 Å². The molecule has 0 saturated carbocycles. The number of rotatable bonds is 6. The van der Waals surface area contributed by atoms with Gasteiger partial charge < -0.3 is 10.4 Å². The summed E-state index contributed by atoms with van der Waals surface area (Å²) in [7, 11) is 0. The zero-order valence-corrected chi connectivity index (χ0v) is 12.4. The maximum atomic E-state index is 12.3. The van der Waals surface area contributed by atoms with Gasteiger partial charge in [0.1, 0.15) is 5.82 Å². The molecule has 0 saturated heterocycles. The summed E-state index contributed by atoms with van der Waals surface area (Å²) in [6.45, 7) is 7.22. The van der Waals surface area contributed by atoms with Crippen LogP contribution in [0, 0.1) is 13.8 Å². The molecule has 0 unspecified atom stereocenters. The Balaban J connectivity index is 2.99. The number of carboxylic acid groups (broad SMARTS) is 1. The van der Waals surface area contributed by atoms with Crippen LogP contribution < -0.4 is 5.32 Å². The Hall–Kier alpha value is -1.98. The Kier molecular flexibility index (Phi) is 5.19. The lowest BCUT2D eigenvalue weighted by Crippen LogP contribution is -2.49. The number of hydrogen-bond donors (Lipinski definition) is 2. The molecule has 1 rings (SSSR count). The highest BCUT2D eigenvalue weighted by Crippen LogP contribution is 2.21. The van der Waals surface area contributed by atoms with Gasteiger partial charge in [-0.3, -0.25) is 9.59 Å². The van der Waals surface area contributed by atoms with Crippen LogP contribution in [-0.2, 0) is 4.79 Å². The first-order valence-electron chi connectivity index (χ1n) is 6.68. The molecule has 20 heavy (non-hydrogen) atoms. The van der Waals surface area contributed by atoms with Crippen molar-refractivity contribution in [3.63, 3.8) is 0 Å². The topological polar surface area (TPSA) is 92.2 Å². The van der Waals surface area contributed by atoms with Gasteiger partial charge >= 0.3 is 5.97 Å². The highest BCUT2D eigenvalue weighted by molar-refractivity contribution is 5.95. The molecule has 1 aromatic rings. The third-order valence-electron chi connectivity index (χ3n) is 3.57. The normalized spacial score (nSPS) is 11.2. The number of aryl methyl sites for hydroxylation is 2. The van der Waals surface area contributed by atoms with Gasteiger partial charge in [0.2, 0.25) is 0 Å². The van der Waals surface area contributed by atoms with Crippen molar-refractivity contribution in [2.45, 2.75) is 52.5 Å². The number of nitrogens with one attached hydrogen (secondary N) is 1. The fourth-order valence-corrected chi connectivity index (χ4v) is 2.12. The van der Waals surface area contributed by atoms with Crippen molar-refractivity contribution in [1.82, 2.24) is 15.3 Å². The minimum absolute atomic E-state index is 0.0997. The molecule has 1 aromatic heterocycles. The van der Waals surface area contributed by atoms with Crippen LogP contribution in [0.25, 0.3) is 0 Å². The number of carboxylic acids is 1. The molecule has 0 aromatic carbocycles. The van der Waals surface area contributed by atoms with Crippen molar-refractivity contribution in [2.24, 2.45) is 0 Å². The minimum atomic E-state index is -0.925. The van der Waals surface area contributed by atoms with Gasteiger partial charge in [0.05, 0.1) is 23.2 Å². The van der Waals surface area contributed by atoms with Crippen LogP contribution in [0.15, 0.2) is 6.20 Å². The van der Waals surface area contributed by atoms with E-state index in [1.807, 2.05) is 13.8 Å². The summed E-state index contributed by atoms with van der Waals surface area (Å²) in [6, 6.07) is 0. The summed E-state index contributed by atoms with van der Waals surface area (Å²) in [5.74, 6) is -0.653. The zero-order valence-electron chi connectivity index (χ0n) is 12.4. The molecule has 1 amide bonds. The third-order valence-corrected chi connectivity index (χ3v) is 3.57. The second kappa shape index (κ2) is 6.45. The molecule has 0 aliphatic heterocycles. The molecule has 0 radical (unpaired) electrons. The molecule has 0 spiro atoms. The molecule has 6 heteroatoms. The van der Waals surface area contributed by atoms with E-state index in [4.69, 9.17) is 5.11 Å². The number of amides is 1. The van der Waals surface area contributed by atoms with E-state index in [1.165, 1.54) is 6.20 Å². The van der Waals surface area contributed by atoms with E-state index in [-0.39, 0.29) is 12.3 Å². The Bertz CT molecular complexity index is 510. The van der Waals surface area contributed by atoms with E-state index >= 15 is 0 Å². The minimum Gasteiger partial charge on any atom is -0.481 e. The van der Waals surface area contributed by atoms with Crippen molar-refractivity contribution in [3.05, 3.63) is 23.3 Å². The molecule has 2 N–H and O–H groups in total. The lowest BCUT2D eigenvalue weighted by molar-refractivity contribution is -0.138. The van der Waals surface area contributed by atoms with Gasteiger partial charge in [-0.15, -0.1) is 0 Å². The molecular formula is C14H21N3O3. The van der Waals surface area contributed by atoms with Crippen LogP contribution >= 0.6 is 0 Å². The average molecular weight is 279 g/mol. The van der Waals surface area contributed by atoms with E-state index in [0.717, 1.165) is 0 Å². The first-order chi connectivity index (χ1) is 9.33. The second-order valence-corrected chi connectivity index (χ2v) is 4.93. The summed E-state index contributed by atoms with van der Waals surface area (Å²) < 4.78 is 0. The van der Waals surface area contributed by atoms with Crippen LogP contribution in [0.3, 0.4) is 0 Å². The fraction of sp³-hybridized carbons (Fsp3) is 0.571. The van der Waals surface area contributed by atoms with Gasteiger partial charge in [-0.2, -0.15) is 0 Å². The van der Waals surface area contributed by atoms with Crippen LogP contribution in [0.1, 0.15) is 55.0 Å². The maximum Gasteiger partial charge on any atom is 0.305 e. The van der Waals surface area contributed by atoms with Gasteiger partial charge in [-0.25, -0.2) is 9.97 Å². The summed E-state index contributed by atoms with van der Waals surface area (Å²) in [6.07, 6.45) is 2.47. The standard InChI is InChI=1S/C14H21N3O3/c1-5-14(6-2,7-12(18)19)17-13(20)11-8-15-10(4)16-9(11)3/h8H,5-7H2,1-4H3,(H,17,20)(H,18,19). The number of carbonyl (C=O) groups is 2. The van der Waals surface area contributed by atoms with E-state index in [9.17, 15) is 9.59 Å². The lowest BCUT2D eigenvalue weighted by atomic mass is 9.88. The van der Waals surface area contributed by atoms with Crippen molar-refractivity contribution < 1.29 is 14.7 Å². The number of hydrogen-bond acceptors (Lipinski definition) is 4. The van der Waals surface area contributed by atoms with Crippen molar-refractivity contribution in [3.8, 4) is 0 Å². The zero-order chi connectivity index (χ0) is 15.3. The number of aromatic nitrogens is 2. The van der Waals surface area contributed by atoms with E-state index in [1.54, 1.807) is 13.8 Å². The van der Waals surface area contributed by atoms with E-state index in [0.29, 0.717) is 29.9 Å². The monoisotopic (exact) mass is 279 g/mol. The Morgan fingerprint density at radius 3 is 2.35 bits per heavy atom. The Labute approximate surface area is 118 Å². The highest BCUT2D eigenvalue weighted by atomic mass is 16.4. The Morgan fingerprint density at radius 2 is 1.90 bits per heavy atom. The fourth-order valence-electron chi connectivity index (χ4n) is 2.12. The summed E-state index contributed by atoms with van der Waals surface area (Å²) in [5.41, 5.74) is 0.235. The first kappa shape index (κ1) is 16.1. The number of carbonyl (C=O) groups excluding carboxylic acids is 1. The van der Waals surface area contributed by atoms with Crippen molar-refractivity contribution in [1.29, 1.82) is 0 Å². The molecular weight excluding hydrogens is 258 g/mol. The molecule has 0 aliphatic carbocycles. The third kappa shape index (κ3) is 3.76. The molecule has 110 valence electrons. The molecule has 1 heterocycles. The second-order valence-electron chi connectivity index (χ2n) is 4.93. The van der Waals surface area contributed by atoms with Gasteiger partial charge in [0.25, 0.3) is 5.91 Å². The predicted octanol–water partition coefficient (Wildman–Crippen LogP) is 1.86. The largest absolute Gasteiger partial charge is 0.481 e. The van der Waals surface area contributed by atoms with Crippen LogP contribution in [0.2, 0.25) is 0 Å². The smallest absolute Gasteiger partial charge is 0.305 e. The van der Waals surface area contributed by atoms with Gasteiger partial charge in [-0.05, 0) is 26.7 Å². The SMILES string of the molecule is CCC(CC)(CC(=O)O)NC(=O)c1cnc(C)nc1C. The van der Waals surface area contributed by atoms with E-state index in [2.05, 4.69) is 15.3 Å². The Morgan fingerprint density at radius 1 is 1.30 bits per heavy atom. The van der Waals surface area contributed by atoms with E-state index < -0.39 is 11.5 Å². The molecule has 0 aliphatic rings. The molecule has 0 bridgehead atoms.